The number of methoxy groups -OCH3 is 1. The molecule has 0 bridgehead atoms. The van der Waals surface area contributed by atoms with Gasteiger partial charge in [-0.2, -0.15) is 0 Å². The Labute approximate surface area is 134 Å². The second kappa shape index (κ2) is 6.93. The predicted octanol–water partition coefficient (Wildman–Crippen LogP) is 2.98. The Morgan fingerprint density at radius 3 is 2.65 bits per heavy atom. The van der Waals surface area contributed by atoms with Crippen LogP contribution in [0.15, 0.2) is 34.9 Å². The number of benzene rings is 1. The summed E-state index contributed by atoms with van der Waals surface area (Å²) in [6.07, 6.45) is 1.26. The van der Waals surface area contributed by atoms with Gasteiger partial charge in [-0.15, -0.1) is 0 Å². The maximum Gasteiger partial charge on any atom is 0.374 e. The summed E-state index contributed by atoms with van der Waals surface area (Å²) in [7, 11) is 1.19. The van der Waals surface area contributed by atoms with E-state index in [0.29, 0.717) is 5.56 Å². The number of carbonyl (C=O) groups excluding carboxylic acids is 2. The number of hydrogen-bond donors (Lipinski definition) is 0. The molecule has 1 heterocycles. The zero-order valence-electron chi connectivity index (χ0n) is 11.8. The summed E-state index contributed by atoms with van der Waals surface area (Å²) in [4.78, 5) is 33.4. The third kappa shape index (κ3) is 3.67. The molecule has 0 aliphatic rings. The lowest BCUT2D eigenvalue weighted by atomic mass is 10.2. The molecule has 0 N–H and O–H groups in total. The number of halogens is 1. The molecular formula is C14H10ClNO7. The molecule has 8 nitrogen and oxygen atoms in total. The molecule has 0 atom stereocenters. The highest BCUT2D eigenvalue weighted by atomic mass is 35.5. The molecule has 0 radical (unpaired) electrons. The van der Waals surface area contributed by atoms with Crippen LogP contribution in [0, 0.1) is 10.1 Å². The largest absolute Gasteiger partial charge is 0.463 e. The third-order valence-corrected chi connectivity index (χ3v) is 3.17. The number of carbonyl (C=O) groups is 2. The van der Waals surface area contributed by atoms with Crippen LogP contribution in [0.5, 0.6) is 0 Å². The summed E-state index contributed by atoms with van der Waals surface area (Å²) in [5, 5.41) is 10.5. The second-order valence-corrected chi connectivity index (χ2v) is 4.67. The molecular weight excluding hydrogens is 330 g/mol. The average Bonchev–Trinajstić information content (AvgIpc) is 3.00. The number of hydrogen-bond acceptors (Lipinski definition) is 7. The summed E-state index contributed by atoms with van der Waals surface area (Å²) in [6.45, 7) is -0.243. The van der Waals surface area contributed by atoms with Crippen molar-refractivity contribution in [1.82, 2.24) is 0 Å². The van der Waals surface area contributed by atoms with Crippen LogP contribution in [0.3, 0.4) is 0 Å². The van der Waals surface area contributed by atoms with Gasteiger partial charge in [0.25, 0.3) is 5.69 Å². The molecule has 2 rings (SSSR count). The number of esters is 2. The first kappa shape index (κ1) is 16.5. The summed E-state index contributed by atoms with van der Waals surface area (Å²) in [6, 6.07) is 4.84. The minimum Gasteiger partial charge on any atom is -0.463 e. The normalized spacial score (nSPS) is 10.2. The minimum absolute atomic E-state index is 0.0274. The molecule has 0 spiro atoms. The van der Waals surface area contributed by atoms with Gasteiger partial charge in [-0.3, -0.25) is 10.1 Å². The van der Waals surface area contributed by atoms with E-state index in [1.807, 2.05) is 0 Å². The molecule has 1 aromatic heterocycles. The summed E-state index contributed by atoms with van der Waals surface area (Å²) in [5.41, 5.74) is 0.0537. The molecule has 0 fully saturated rings. The van der Waals surface area contributed by atoms with Gasteiger partial charge in [0.15, 0.2) is 0 Å². The zero-order chi connectivity index (χ0) is 17.0. The van der Waals surface area contributed by atoms with Gasteiger partial charge in [0.05, 0.1) is 28.9 Å². The number of nitrogens with zero attached hydrogens (tertiary/aromatic N) is 1. The molecule has 2 aromatic rings. The molecule has 9 heteroatoms. The number of non-ortho nitro benzene ring substituents is 1. The number of nitro benzene ring substituents is 1. The smallest absolute Gasteiger partial charge is 0.374 e. The van der Waals surface area contributed by atoms with Crippen molar-refractivity contribution >= 4 is 29.2 Å². The van der Waals surface area contributed by atoms with E-state index in [1.54, 1.807) is 0 Å². The second-order valence-electron chi connectivity index (χ2n) is 4.26. The number of rotatable bonds is 5. The van der Waals surface area contributed by atoms with Gasteiger partial charge >= 0.3 is 11.9 Å². The van der Waals surface area contributed by atoms with Crippen LogP contribution in [-0.2, 0) is 16.1 Å². The molecule has 0 saturated carbocycles. The van der Waals surface area contributed by atoms with Gasteiger partial charge in [0.1, 0.15) is 6.61 Å². The first-order chi connectivity index (χ1) is 10.9. The van der Waals surface area contributed by atoms with Crippen LogP contribution in [0.1, 0.15) is 26.5 Å². The quantitative estimate of drug-likeness (QED) is 0.468. The molecule has 0 unspecified atom stereocenters. The lowest BCUT2D eigenvalue weighted by Crippen LogP contribution is -2.09. The lowest BCUT2D eigenvalue weighted by Gasteiger charge is -2.06. The number of furan rings is 1. The maximum atomic E-state index is 12.0. The first-order valence-electron chi connectivity index (χ1n) is 6.19. The molecule has 0 aliphatic carbocycles. The maximum absolute atomic E-state index is 12.0. The summed E-state index contributed by atoms with van der Waals surface area (Å²) >= 11 is 5.84. The molecule has 120 valence electrons. The van der Waals surface area contributed by atoms with E-state index in [9.17, 15) is 19.7 Å². The molecule has 0 amide bonds. The Morgan fingerprint density at radius 1 is 1.30 bits per heavy atom. The van der Waals surface area contributed by atoms with Crippen molar-refractivity contribution in [2.75, 3.05) is 7.11 Å². The van der Waals surface area contributed by atoms with Gasteiger partial charge in [0, 0.05) is 17.7 Å². The van der Waals surface area contributed by atoms with E-state index in [-0.39, 0.29) is 28.6 Å². The standard InChI is InChI=1S/C14H10ClNO7/c1-21-14(18)12-8(4-5-22-12)7-23-13(17)10-3-2-9(16(19)20)6-11(10)15/h2-6H,7H2,1H3. The highest BCUT2D eigenvalue weighted by molar-refractivity contribution is 6.33. The van der Waals surface area contributed by atoms with E-state index in [2.05, 4.69) is 4.74 Å². The van der Waals surface area contributed by atoms with Crippen LogP contribution < -0.4 is 0 Å². The van der Waals surface area contributed by atoms with E-state index in [0.717, 1.165) is 12.1 Å². The van der Waals surface area contributed by atoms with Gasteiger partial charge in [0.2, 0.25) is 5.76 Å². The van der Waals surface area contributed by atoms with Crippen LogP contribution in [0.25, 0.3) is 0 Å². The first-order valence-corrected chi connectivity index (χ1v) is 6.57. The van der Waals surface area contributed by atoms with Gasteiger partial charge in [-0.25, -0.2) is 9.59 Å². The van der Waals surface area contributed by atoms with Crippen molar-refractivity contribution in [3.63, 3.8) is 0 Å². The van der Waals surface area contributed by atoms with Crippen LogP contribution >= 0.6 is 11.6 Å². The SMILES string of the molecule is COC(=O)c1occc1COC(=O)c1ccc([N+](=O)[O-])cc1Cl. The van der Waals surface area contributed by atoms with Crippen molar-refractivity contribution in [2.24, 2.45) is 0 Å². The van der Waals surface area contributed by atoms with Crippen molar-refractivity contribution in [2.45, 2.75) is 6.61 Å². The van der Waals surface area contributed by atoms with Gasteiger partial charge < -0.3 is 13.9 Å². The Morgan fingerprint density at radius 2 is 2.04 bits per heavy atom. The number of ether oxygens (including phenoxy) is 2. The summed E-state index contributed by atoms with van der Waals surface area (Å²) in [5.74, 6) is -1.56. The average molecular weight is 340 g/mol. The Kier molecular flexibility index (Phi) is 4.97. The molecule has 0 aliphatic heterocycles. The highest BCUT2D eigenvalue weighted by Gasteiger charge is 2.19. The van der Waals surface area contributed by atoms with E-state index in [1.165, 1.54) is 25.5 Å². The molecule has 23 heavy (non-hydrogen) atoms. The van der Waals surface area contributed by atoms with Crippen molar-refractivity contribution in [3.05, 3.63) is 62.6 Å². The van der Waals surface area contributed by atoms with Crippen molar-refractivity contribution in [3.8, 4) is 0 Å². The van der Waals surface area contributed by atoms with Crippen molar-refractivity contribution in [1.29, 1.82) is 0 Å². The van der Waals surface area contributed by atoms with Crippen molar-refractivity contribution < 1.29 is 28.4 Å². The minimum atomic E-state index is -0.790. The fourth-order valence-corrected chi connectivity index (χ4v) is 1.98. The van der Waals surface area contributed by atoms with Crippen LogP contribution in [0.4, 0.5) is 5.69 Å². The molecule has 1 aromatic carbocycles. The number of nitro groups is 1. The Bertz CT molecular complexity index is 768. The predicted molar refractivity (Wildman–Crippen MR) is 77.3 cm³/mol. The fourth-order valence-electron chi connectivity index (χ4n) is 1.73. The summed E-state index contributed by atoms with van der Waals surface area (Å²) < 4.78 is 14.5. The zero-order valence-corrected chi connectivity index (χ0v) is 12.5. The Balaban J connectivity index is 2.10. The fraction of sp³-hybridized carbons (Fsp3) is 0.143. The van der Waals surface area contributed by atoms with Gasteiger partial charge in [-0.05, 0) is 12.1 Å². The molecule has 0 saturated heterocycles. The third-order valence-electron chi connectivity index (χ3n) is 2.86. The van der Waals surface area contributed by atoms with E-state index >= 15 is 0 Å². The monoisotopic (exact) mass is 339 g/mol. The Hall–Kier alpha value is -2.87. The lowest BCUT2D eigenvalue weighted by molar-refractivity contribution is -0.384. The van der Waals surface area contributed by atoms with Crippen LogP contribution in [-0.4, -0.2) is 24.0 Å². The van der Waals surface area contributed by atoms with Crippen LogP contribution in [0.2, 0.25) is 5.02 Å². The highest BCUT2D eigenvalue weighted by Crippen LogP contribution is 2.23. The van der Waals surface area contributed by atoms with E-state index in [4.69, 9.17) is 20.8 Å². The van der Waals surface area contributed by atoms with E-state index < -0.39 is 16.9 Å². The topological polar surface area (TPSA) is 109 Å². The van der Waals surface area contributed by atoms with Gasteiger partial charge in [-0.1, -0.05) is 11.6 Å².